The van der Waals surface area contributed by atoms with Crippen molar-refractivity contribution in [1.82, 2.24) is 9.97 Å². The van der Waals surface area contributed by atoms with Gasteiger partial charge in [0.25, 0.3) is 0 Å². The number of aromatic nitrogens is 2. The molecule has 0 spiro atoms. The third kappa shape index (κ3) is 2.25. The van der Waals surface area contributed by atoms with Crippen molar-refractivity contribution >= 4 is 10.8 Å². The normalized spacial score (nSPS) is 10.7. The lowest BCUT2D eigenvalue weighted by Gasteiger charge is -2.08. The second-order valence-corrected chi connectivity index (χ2v) is 5.17. The van der Waals surface area contributed by atoms with Crippen molar-refractivity contribution in [3.63, 3.8) is 0 Å². The Morgan fingerprint density at radius 2 is 1.36 bits per heavy atom. The van der Waals surface area contributed by atoms with Gasteiger partial charge in [-0.1, -0.05) is 42.5 Å². The first-order valence-corrected chi connectivity index (χ1v) is 7.27. The molecule has 2 nitrogen and oxygen atoms in total. The van der Waals surface area contributed by atoms with Gasteiger partial charge in [-0.25, -0.2) is 0 Å². The van der Waals surface area contributed by atoms with Gasteiger partial charge in [0.05, 0.1) is 11.4 Å². The fourth-order valence-corrected chi connectivity index (χ4v) is 2.71. The highest BCUT2D eigenvalue weighted by atomic mass is 14.7. The molecule has 0 fully saturated rings. The Labute approximate surface area is 129 Å². The molecule has 0 aliphatic heterocycles. The molecule has 2 aromatic heterocycles. The molecular formula is C20H14N2. The summed E-state index contributed by atoms with van der Waals surface area (Å²) in [7, 11) is 0. The van der Waals surface area contributed by atoms with Gasteiger partial charge in [-0.05, 0) is 41.1 Å². The van der Waals surface area contributed by atoms with Crippen molar-refractivity contribution in [1.29, 1.82) is 0 Å². The molecule has 0 aliphatic carbocycles. The topological polar surface area (TPSA) is 25.8 Å². The number of fused-ring (bicyclic) bond motifs is 1. The van der Waals surface area contributed by atoms with Crippen molar-refractivity contribution in [2.45, 2.75) is 0 Å². The van der Waals surface area contributed by atoms with Crippen LogP contribution >= 0.6 is 0 Å². The van der Waals surface area contributed by atoms with E-state index in [-0.39, 0.29) is 0 Å². The third-order valence-corrected chi connectivity index (χ3v) is 3.78. The zero-order valence-corrected chi connectivity index (χ0v) is 12.0. The molecule has 4 aromatic rings. The average Bonchev–Trinajstić information content (AvgIpc) is 2.62. The maximum absolute atomic E-state index is 4.49. The molecule has 104 valence electrons. The number of pyridine rings is 2. The summed E-state index contributed by atoms with van der Waals surface area (Å²) in [5.74, 6) is 0. The van der Waals surface area contributed by atoms with Gasteiger partial charge in [0.1, 0.15) is 0 Å². The summed E-state index contributed by atoms with van der Waals surface area (Å²) in [4.78, 5) is 8.93. The molecule has 0 amide bonds. The second kappa shape index (κ2) is 5.41. The summed E-state index contributed by atoms with van der Waals surface area (Å²) in [5, 5.41) is 2.41. The summed E-state index contributed by atoms with van der Waals surface area (Å²) in [5.41, 5.74) is 4.25. The van der Waals surface area contributed by atoms with E-state index in [4.69, 9.17) is 0 Å². The van der Waals surface area contributed by atoms with Gasteiger partial charge in [-0.2, -0.15) is 0 Å². The van der Waals surface area contributed by atoms with E-state index in [2.05, 4.69) is 46.4 Å². The highest BCUT2D eigenvalue weighted by molar-refractivity contribution is 5.98. The summed E-state index contributed by atoms with van der Waals surface area (Å²) >= 11 is 0. The van der Waals surface area contributed by atoms with Crippen LogP contribution in [0.1, 0.15) is 0 Å². The van der Waals surface area contributed by atoms with E-state index in [0.29, 0.717) is 0 Å². The molecule has 22 heavy (non-hydrogen) atoms. The van der Waals surface area contributed by atoms with Crippen LogP contribution in [0.25, 0.3) is 33.3 Å². The maximum Gasteiger partial charge on any atom is 0.0708 e. The lowest BCUT2D eigenvalue weighted by atomic mass is 9.98. The minimum atomic E-state index is 0.986. The van der Waals surface area contributed by atoms with Gasteiger partial charge in [-0.15, -0.1) is 0 Å². The number of hydrogen-bond acceptors (Lipinski definition) is 2. The van der Waals surface area contributed by atoms with E-state index >= 15 is 0 Å². The molecule has 2 aromatic carbocycles. The monoisotopic (exact) mass is 282 g/mol. The van der Waals surface area contributed by atoms with Crippen LogP contribution in [-0.2, 0) is 0 Å². The maximum atomic E-state index is 4.49. The molecule has 0 atom stereocenters. The Balaban J connectivity index is 1.95. The largest absolute Gasteiger partial charge is 0.256 e. The van der Waals surface area contributed by atoms with Gasteiger partial charge in [0, 0.05) is 23.5 Å². The Morgan fingerprint density at radius 3 is 2.09 bits per heavy atom. The van der Waals surface area contributed by atoms with Gasteiger partial charge < -0.3 is 0 Å². The average molecular weight is 282 g/mol. The van der Waals surface area contributed by atoms with E-state index in [1.165, 1.54) is 10.8 Å². The molecule has 0 radical (unpaired) electrons. The Morgan fingerprint density at radius 1 is 0.591 bits per heavy atom. The number of benzene rings is 2. The summed E-state index contributed by atoms with van der Waals surface area (Å²) in [6.07, 6.45) is 3.65. The second-order valence-electron chi connectivity index (χ2n) is 5.17. The first-order valence-electron chi connectivity index (χ1n) is 7.27. The SMILES string of the molecule is c1ccc(-c2ccc3cccc(-c4ccccn4)c3c2)nc1. The predicted molar refractivity (Wildman–Crippen MR) is 90.4 cm³/mol. The van der Waals surface area contributed by atoms with E-state index in [9.17, 15) is 0 Å². The van der Waals surface area contributed by atoms with Crippen molar-refractivity contribution in [3.05, 3.63) is 85.2 Å². The first kappa shape index (κ1) is 12.7. The third-order valence-electron chi connectivity index (χ3n) is 3.78. The Hall–Kier alpha value is -3.00. The van der Waals surface area contributed by atoms with Crippen LogP contribution in [0.5, 0.6) is 0 Å². The first-order chi connectivity index (χ1) is 10.9. The molecule has 0 saturated carbocycles. The molecule has 2 heterocycles. The molecule has 4 rings (SSSR count). The van der Waals surface area contributed by atoms with Crippen molar-refractivity contribution in [3.8, 4) is 22.5 Å². The van der Waals surface area contributed by atoms with Crippen LogP contribution in [0.15, 0.2) is 85.2 Å². The summed E-state index contributed by atoms with van der Waals surface area (Å²) < 4.78 is 0. The van der Waals surface area contributed by atoms with Gasteiger partial charge in [0.15, 0.2) is 0 Å². The summed E-state index contributed by atoms with van der Waals surface area (Å²) in [6.45, 7) is 0. The van der Waals surface area contributed by atoms with Gasteiger partial charge in [0.2, 0.25) is 0 Å². The van der Waals surface area contributed by atoms with E-state index in [1.54, 1.807) is 0 Å². The predicted octanol–water partition coefficient (Wildman–Crippen LogP) is 4.96. The van der Waals surface area contributed by atoms with Crippen LogP contribution in [0.3, 0.4) is 0 Å². The van der Waals surface area contributed by atoms with Gasteiger partial charge >= 0.3 is 0 Å². The van der Waals surface area contributed by atoms with E-state index in [0.717, 1.165) is 22.5 Å². The number of hydrogen-bond donors (Lipinski definition) is 0. The van der Waals surface area contributed by atoms with Crippen LogP contribution in [0.4, 0.5) is 0 Å². The lowest BCUT2D eigenvalue weighted by Crippen LogP contribution is -1.87. The van der Waals surface area contributed by atoms with Crippen LogP contribution in [-0.4, -0.2) is 9.97 Å². The minimum Gasteiger partial charge on any atom is -0.256 e. The standard InChI is InChI=1S/C20H14N2/c1-3-12-21-19(8-1)16-11-10-15-6-5-7-17(18(15)14-16)20-9-2-4-13-22-20/h1-14H. The van der Waals surface area contributed by atoms with Crippen molar-refractivity contribution < 1.29 is 0 Å². The molecule has 0 aliphatic rings. The molecule has 0 unspecified atom stereocenters. The minimum absolute atomic E-state index is 0.986. The van der Waals surface area contributed by atoms with Crippen molar-refractivity contribution in [2.75, 3.05) is 0 Å². The zero-order valence-electron chi connectivity index (χ0n) is 12.0. The molecule has 0 bridgehead atoms. The van der Waals surface area contributed by atoms with Crippen LogP contribution < -0.4 is 0 Å². The smallest absolute Gasteiger partial charge is 0.0708 e. The van der Waals surface area contributed by atoms with Crippen LogP contribution in [0.2, 0.25) is 0 Å². The highest BCUT2D eigenvalue weighted by Gasteiger charge is 2.06. The van der Waals surface area contributed by atoms with E-state index < -0.39 is 0 Å². The van der Waals surface area contributed by atoms with Crippen molar-refractivity contribution in [2.24, 2.45) is 0 Å². The lowest BCUT2D eigenvalue weighted by molar-refractivity contribution is 1.32. The summed E-state index contributed by atoms with van der Waals surface area (Å²) in [6, 6.07) is 24.8. The molecular weight excluding hydrogens is 268 g/mol. The molecule has 0 N–H and O–H groups in total. The fourth-order valence-electron chi connectivity index (χ4n) is 2.71. The van der Waals surface area contributed by atoms with Crippen LogP contribution in [0, 0.1) is 0 Å². The Kier molecular flexibility index (Phi) is 3.13. The molecule has 2 heteroatoms. The number of nitrogens with zero attached hydrogens (tertiary/aromatic N) is 2. The quantitative estimate of drug-likeness (QED) is 0.519. The van der Waals surface area contributed by atoms with E-state index in [1.807, 2.05) is 48.8 Å². The van der Waals surface area contributed by atoms with Gasteiger partial charge in [-0.3, -0.25) is 9.97 Å². The number of rotatable bonds is 2. The zero-order chi connectivity index (χ0) is 14.8. The fraction of sp³-hybridized carbons (Fsp3) is 0. The highest BCUT2D eigenvalue weighted by Crippen LogP contribution is 2.30. The Bertz CT molecular complexity index is 916. The molecule has 0 saturated heterocycles.